The van der Waals surface area contributed by atoms with Crippen molar-refractivity contribution in [2.24, 2.45) is 5.92 Å². The van der Waals surface area contributed by atoms with Crippen molar-refractivity contribution in [3.63, 3.8) is 0 Å². The number of rotatable bonds is 2. The molecular weight excluding hydrogens is 168 g/mol. The van der Waals surface area contributed by atoms with Gasteiger partial charge in [0.2, 0.25) is 0 Å². The lowest BCUT2D eigenvalue weighted by atomic mass is 10.1. The van der Waals surface area contributed by atoms with Crippen LogP contribution in [-0.4, -0.2) is 9.97 Å². The van der Waals surface area contributed by atoms with Crippen molar-refractivity contribution < 1.29 is 0 Å². The first-order valence-corrected chi connectivity index (χ1v) is 4.55. The van der Waals surface area contributed by atoms with Gasteiger partial charge < -0.3 is 4.98 Å². The molecule has 0 aromatic carbocycles. The minimum Gasteiger partial charge on any atom is -0.347 e. The van der Waals surface area contributed by atoms with E-state index in [9.17, 15) is 0 Å². The average molecular weight is 182 g/mol. The Hall–Kier alpha value is -0.700. The first-order chi connectivity index (χ1) is 5.59. The van der Waals surface area contributed by atoms with Crippen LogP contribution in [0.4, 0.5) is 0 Å². The van der Waals surface area contributed by atoms with E-state index in [1.165, 1.54) is 0 Å². The van der Waals surface area contributed by atoms with Gasteiger partial charge in [0.15, 0.2) is 0 Å². The van der Waals surface area contributed by atoms with Gasteiger partial charge in [-0.3, -0.25) is 4.98 Å². The van der Waals surface area contributed by atoms with Crippen LogP contribution in [0.25, 0.3) is 0 Å². The highest BCUT2D eigenvalue weighted by molar-refractivity contribution is 7.71. The predicted octanol–water partition coefficient (Wildman–Crippen LogP) is 2.65. The van der Waals surface area contributed by atoms with Gasteiger partial charge in [-0.2, -0.15) is 0 Å². The second kappa shape index (κ2) is 3.81. The lowest BCUT2D eigenvalue weighted by molar-refractivity contribution is 0.628. The van der Waals surface area contributed by atoms with E-state index < -0.39 is 0 Å². The first kappa shape index (κ1) is 9.39. The molecule has 2 nitrogen and oxygen atoms in total. The van der Waals surface area contributed by atoms with Crippen LogP contribution in [0.1, 0.15) is 25.2 Å². The Morgan fingerprint density at radius 3 is 2.83 bits per heavy atom. The van der Waals surface area contributed by atoms with Crippen LogP contribution in [-0.2, 0) is 6.42 Å². The summed E-state index contributed by atoms with van der Waals surface area (Å²) in [5, 5.41) is 0. The zero-order chi connectivity index (χ0) is 9.14. The molecule has 0 saturated carbocycles. The minimum absolute atomic E-state index is 0.638. The van der Waals surface area contributed by atoms with Gasteiger partial charge in [-0.05, 0) is 19.3 Å². The molecule has 0 aliphatic rings. The molecule has 0 unspecified atom stereocenters. The molecular formula is C9H14N2S. The third-order valence-electron chi connectivity index (χ3n) is 1.70. The number of hydrogen-bond donors (Lipinski definition) is 1. The van der Waals surface area contributed by atoms with Crippen LogP contribution >= 0.6 is 12.2 Å². The Morgan fingerprint density at radius 2 is 2.25 bits per heavy atom. The molecule has 1 heterocycles. The number of aromatic amines is 1. The fourth-order valence-electron chi connectivity index (χ4n) is 1.11. The van der Waals surface area contributed by atoms with E-state index in [0.717, 1.165) is 22.4 Å². The molecule has 1 aromatic rings. The Labute approximate surface area is 78.1 Å². The van der Waals surface area contributed by atoms with Crippen molar-refractivity contribution in [3.05, 3.63) is 22.2 Å². The van der Waals surface area contributed by atoms with E-state index in [1.54, 1.807) is 6.20 Å². The molecule has 0 amide bonds. The number of aromatic nitrogens is 2. The van der Waals surface area contributed by atoms with Crippen LogP contribution < -0.4 is 0 Å². The van der Waals surface area contributed by atoms with Crippen molar-refractivity contribution in [1.29, 1.82) is 0 Å². The summed E-state index contributed by atoms with van der Waals surface area (Å²) in [7, 11) is 0. The molecule has 12 heavy (non-hydrogen) atoms. The lowest BCUT2D eigenvalue weighted by Gasteiger charge is -2.06. The van der Waals surface area contributed by atoms with Crippen molar-refractivity contribution in [1.82, 2.24) is 9.97 Å². The van der Waals surface area contributed by atoms with Gasteiger partial charge >= 0.3 is 0 Å². The van der Waals surface area contributed by atoms with Crippen LogP contribution in [0, 0.1) is 17.5 Å². The molecule has 0 atom stereocenters. The maximum Gasteiger partial charge on any atom is 0.122 e. The summed E-state index contributed by atoms with van der Waals surface area (Å²) in [6.45, 7) is 6.37. The standard InChI is InChI=1S/C9H14N2S/c1-6(2)4-8-7(3)10-5-9(12)11-8/h5-6H,4H2,1-3H3,(H,11,12). The molecule has 0 radical (unpaired) electrons. The fourth-order valence-corrected chi connectivity index (χ4v) is 1.29. The molecule has 1 rings (SSSR count). The van der Waals surface area contributed by atoms with E-state index in [2.05, 4.69) is 23.8 Å². The molecule has 0 bridgehead atoms. The van der Waals surface area contributed by atoms with E-state index in [0.29, 0.717) is 5.92 Å². The molecule has 0 spiro atoms. The molecule has 0 aliphatic carbocycles. The lowest BCUT2D eigenvalue weighted by Crippen LogP contribution is -2.01. The van der Waals surface area contributed by atoms with Crippen LogP contribution in [0.15, 0.2) is 6.20 Å². The maximum atomic E-state index is 4.99. The quantitative estimate of drug-likeness (QED) is 0.712. The van der Waals surface area contributed by atoms with Gasteiger partial charge in [-0.25, -0.2) is 0 Å². The number of H-pyrrole nitrogens is 1. The van der Waals surface area contributed by atoms with Crippen LogP contribution in [0.3, 0.4) is 0 Å². The fraction of sp³-hybridized carbons (Fsp3) is 0.556. The summed E-state index contributed by atoms with van der Waals surface area (Å²) in [6.07, 6.45) is 2.71. The second-order valence-electron chi connectivity index (χ2n) is 3.41. The van der Waals surface area contributed by atoms with Gasteiger partial charge in [0, 0.05) is 5.69 Å². The van der Waals surface area contributed by atoms with Gasteiger partial charge in [0.05, 0.1) is 11.9 Å². The Bertz CT molecular complexity index is 315. The maximum absolute atomic E-state index is 4.99. The normalized spacial score (nSPS) is 10.7. The largest absolute Gasteiger partial charge is 0.347 e. The molecule has 0 saturated heterocycles. The van der Waals surface area contributed by atoms with Gasteiger partial charge in [0.25, 0.3) is 0 Å². The molecule has 0 fully saturated rings. The molecule has 0 aliphatic heterocycles. The highest BCUT2D eigenvalue weighted by Gasteiger charge is 2.01. The smallest absolute Gasteiger partial charge is 0.122 e. The van der Waals surface area contributed by atoms with Gasteiger partial charge in [0.1, 0.15) is 4.64 Å². The van der Waals surface area contributed by atoms with Crippen molar-refractivity contribution >= 4 is 12.2 Å². The summed E-state index contributed by atoms with van der Waals surface area (Å²) in [4.78, 5) is 7.36. The summed E-state index contributed by atoms with van der Waals surface area (Å²) in [5.74, 6) is 0.638. The second-order valence-corrected chi connectivity index (χ2v) is 3.85. The van der Waals surface area contributed by atoms with Gasteiger partial charge in [-0.1, -0.05) is 26.1 Å². The summed E-state index contributed by atoms with van der Waals surface area (Å²) < 4.78 is 0.719. The molecule has 1 N–H and O–H groups in total. The zero-order valence-electron chi connectivity index (χ0n) is 7.72. The molecule has 3 heteroatoms. The summed E-state index contributed by atoms with van der Waals surface area (Å²) >= 11 is 4.99. The highest BCUT2D eigenvalue weighted by atomic mass is 32.1. The number of aryl methyl sites for hydroxylation is 1. The topological polar surface area (TPSA) is 28.7 Å². The van der Waals surface area contributed by atoms with Crippen LogP contribution in [0.5, 0.6) is 0 Å². The number of nitrogens with zero attached hydrogens (tertiary/aromatic N) is 1. The number of nitrogens with one attached hydrogen (secondary N) is 1. The van der Waals surface area contributed by atoms with Crippen LogP contribution in [0.2, 0.25) is 0 Å². The monoisotopic (exact) mass is 182 g/mol. The molecule has 66 valence electrons. The SMILES string of the molecule is Cc1ncc(=S)[nH]c1CC(C)C. The summed E-state index contributed by atoms with van der Waals surface area (Å²) in [6, 6.07) is 0. The predicted molar refractivity (Wildman–Crippen MR) is 52.7 cm³/mol. The third kappa shape index (κ3) is 2.41. The minimum atomic E-state index is 0.638. The van der Waals surface area contributed by atoms with Crippen molar-refractivity contribution in [2.75, 3.05) is 0 Å². The Kier molecular flexibility index (Phi) is 2.98. The zero-order valence-corrected chi connectivity index (χ0v) is 8.53. The average Bonchev–Trinajstić information content (AvgIpc) is 1.96. The summed E-state index contributed by atoms with van der Waals surface area (Å²) in [5.41, 5.74) is 2.22. The molecule has 1 aromatic heterocycles. The Balaban J connectivity index is 2.97. The highest BCUT2D eigenvalue weighted by Crippen LogP contribution is 2.07. The van der Waals surface area contributed by atoms with E-state index in [1.807, 2.05) is 6.92 Å². The van der Waals surface area contributed by atoms with Crippen molar-refractivity contribution in [2.45, 2.75) is 27.2 Å². The third-order valence-corrected chi connectivity index (χ3v) is 1.91. The van der Waals surface area contributed by atoms with Gasteiger partial charge in [-0.15, -0.1) is 0 Å². The van der Waals surface area contributed by atoms with E-state index in [-0.39, 0.29) is 0 Å². The van der Waals surface area contributed by atoms with E-state index >= 15 is 0 Å². The van der Waals surface area contributed by atoms with Crippen molar-refractivity contribution in [3.8, 4) is 0 Å². The van der Waals surface area contributed by atoms with E-state index in [4.69, 9.17) is 12.2 Å². The first-order valence-electron chi connectivity index (χ1n) is 4.14. The Morgan fingerprint density at radius 1 is 1.58 bits per heavy atom. The number of hydrogen-bond acceptors (Lipinski definition) is 2.